The van der Waals surface area contributed by atoms with Crippen molar-refractivity contribution in [2.45, 2.75) is 19.8 Å². The van der Waals surface area contributed by atoms with Crippen molar-refractivity contribution in [1.29, 1.82) is 0 Å². The zero-order valence-electron chi connectivity index (χ0n) is 6.50. The van der Waals surface area contributed by atoms with Crippen molar-refractivity contribution >= 4 is 12.0 Å². The first-order chi connectivity index (χ1) is 5.33. The van der Waals surface area contributed by atoms with Crippen LogP contribution in [0.2, 0.25) is 0 Å². The van der Waals surface area contributed by atoms with Crippen molar-refractivity contribution in [3.63, 3.8) is 0 Å². The molecule has 1 heterocycles. The second-order valence-corrected chi connectivity index (χ2v) is 2.23. The second kappa shape index (κ2) is 3.80. The molecule has 5 heteroatoms. The summed E-state index contributed by atoms with van der Waals surface area (Å²) in [5.74, 6) is 0. The third kappa shape index (κ3) is 2.45. The van der Waals surface area contributed by atoms with E-state index in [2.05, 4.69) is 22.4 Å². The summed E-state index contributed by atoms with van der Waals surface area (Å²) >= 11 is 0. The Morgan fingerprint density at radius 2 is 2.36 bits per heavy atom. The maximum atomic E-state index is 5.20. The fourth-order valence-electron chi connectivity index (χ4n) is 0.678. The number of hydrogen-bond donors (Lipinski definition) is 2. The molecule has 0 aliphatic rings. The lowest BCUT2D eigenvalue weighted by Crippen LogP contribution is -2.00. The molecule has 11 heavy (non-hydrogen) atoms. The summed E-state index contributed by atoms with van der Waals surface area (Å²) in [6.45, 7) is 2.96. The molecular weight excluding hydrogens is 144 g/mol. The highest BCUT2D eigenvalue weighted by molar-refractivity contribution is 5.21. The van der Waals surface area contributed by atoms with Crippen LogP contribution in [-0.4, -0.2) is 16.7 Å². The Hall–Kier alpha value is -1.26. The molecule has 0 fully saturated rings. The molecule has 0 atom stereocenters. The van der Waals surface area contributed by atoms with E-state index in [1.807, 2.05) is 0 Å². The van der Waals surface area contributed by atoms with E-state index in [1.165, 1.54) is 0 Å². The second-order valence-electron chi connectivity index (χ2n) is 2.23. The number of aromatic nitrogens is 2. The van der Waals surface area contributed by atoms with Crippen LogP contribution >= 0.6 is 0 Å². The predicted molar refractivity (Wildman–Crippen MR) is 42.1 cm³/mol. The van der Waals surface area contributed by atoms with Crippen molar-refractivity contribution < 1.29 is 4.42 Å². The Morgan fingerprint density at radius 3 is 2.91 bits per heavy atom. The monoisotopic (exact) mass is 156 g/mol. The Bertz CT molecular complexity index is 210. The number of nitrogens with one attached hydrogen (secondary N) is 1. The van der Waals surface area contributed by atoms with Crippen LogP contribution in [0.25, 0.3) is 0 Å². The van der Waals surface area contributed by atoms with Crippen LogP contribution in [0.1, 0.15) is 19.8 Å². The Labute approximate surface area is 65.0 Å². The highest BCUT2D eigenvalue weighted by atomic mass is 16.4. The lowest BCUT2D eigenvalue weighted by Gasteiger charge is -1.96. The van der Waals surface area contributed by atoms with Crippen LogP contribution in [0.4, 0.5) is 12.0 Å². The molecule has 0 aromatic carbocycles. The molecule has 0 bridgehead atoms. The van der Waals surface area contributed by atoms with Gasteiger partial charge in [-0.05, 0) is 6.42 Å². The minimum atomic E-state index is 0.101. The van der Waals surface area contributed by atoms with Crippen LogP contribution in [0.5, 0.6) is 0 Å². The summed E-state index contributed by atoms with van der Waals surface area (Å²) < 4.78 is 4.87. The molecule has 0 aliphatic carbocycles. The number of nitrogen functional groups attached to an aromatic ring is 1. The van der Waals surface area contributed by atoms with E-state index in [1.54, 1.807) is 0 Å². The van der Waals surface area contributed by atoms with Crippen LogP contribution in [0.3, 0.4) is 0 Å². The maximum absolute atomic E-state index is 5.20. The zero-order valence-corrected chi connectivity index (χ0v) is 6.50. The quantitative estimate of drug-likeness (QED) is 0.632. The zero-order chi connectivity index (χ0) is 8.10. The summed E-state index contributed by atoms with van der Waals surface area (Å²) in [5, 5.41) is 10.1. The van der Waals surface area contributed by atoms with E-state index in [0.717, 1.165) is 19.4 Å². The van der Waals surface area contributed by atoms with E-state index < -0.39 is 0 Å². The van der Waals surface area contributed by atoms with Gasteiger partial charge < -0.3 is 15.5 Å². The van der Waals surface area contributed by atoms with E-state index in [-0.39, 0.29) is 6.01 Å². The van der Waals surface area contributed by atoms with Gasteiger partial charge in [0.05, 0.1) is 0 Å². The number of hydrogen-bond acceptors (Lipinski definition) is 5. The molecule has 5 nitrogen and oxygen atoms in total. The largest absolute Gasteiger partial charge is 0.390 e. The van der Waals surface area contributed by atoms with Gasteiger partial charge in [-0.15, -0.1) is 0 Å². The van der Waals surface area contributed by atoms with Crippen molar-refractivity contribution in [3.05, 3.63) is 0 Å². The molecule has 62 valence electrons. The summed E-state index contributed by atoms with van der Waals surface area (Å²) in [5.41, 5.74) is 5.20. The van der Waals surface area contributed by atoms with Gasteiger partial charge in [0, 0.05) is 6.54 Å². The number of nitrogens with zero attached hydrogens (tertiary/aromatic N) is 2. The number of unbranched alkanes of at least 4 members (excludes halogenated alkanes) is 1. The smallest absolute Gasteiger partial charge is 0.316 e. The molecule has 1 aromatic rings. The maximum Gasteiger partial charge on any atom is 0.316 e. The Morgan fingerprint density at radius 1 is 1.55 bits per heavy atom. The summed E-state index contributed by atoms with van der Waals surface area (Å²) in [6, 6.07) is 0.500. The van der Waals surface area contributed by atoms with Crippen molar-refractivity contribution in [2.24, 2.45) is 0 Å². The van der Waals surface area contributed by atoms with Gasteiger partial charge in [-0.1, -0.05) is 23.5 Å². The average Bonchev–Trinajstić information content (AvgIpc) is 2.37. The fraction of sp³-hybridized carbons (Fsp3) is 0.667. The predicted octanol–water partition coefficient (Wildman–Crippen LogP) is 0.864. The minimum absolute atomic E-state index is 0.101. The molecule has 0 unspecified atom stereocenters. The van der Waals surface area contributed by atoms with Crippen LogP contribution in [0, 0.1) is 0 Å². The summed E-state index contributed by atoms with van der Waals surface area (Å²) in [7, 11) is 0. The van der Waals surface area contributed by atoms with Gasteiger partial charge in [-0.3, -0.25) is 0 Å². The lowest BCUT2D eigenvalue weighted by atomic mass is 10.3. The molecule has 0 spiro atoms. The van der Waals surface area contributed by atoms with Gasteiger partial charge in [0.1, 0.15) is 0 Å². The van der Waals surface area contributed by atoms with Gasteiger partial charge in [0.15, 0.2) is 0 Å². The Kier molecular flexibility index (Phi) is 2.71. The fourth-order valence-corrected chi connectivity index (χ4v) is 0.678. The van der Waals surface area contributed by atoms with E-state index >= 15 is 0 Å². The summed E-state index contributed by atoms with van der Waals surface area (Å²) in [4.78, 5) is 0. The molecule has 1 aromatic heterocycles. The molecule has 0 amide bonds. The molecular formula is C6H12N4O. The minimum Gasteiger partial charge on any atom is -0.390 e. The molecule has 0 radical (unpaired) electrons. The standard InChI is InChI=1S/C6H12N4O/c1-2-3-4-8-6-10-9-5(7)11-6/h2-4H2,1H3,(H2,7,9)(H,8,10). The third-order valence-corrected chi connectivity index (χ3v) is 1.25. The lowest BCUT2D eigenvalue weighted by molar-refractivity contribution is 0.584. The third-order valence-electron chi connectivity index (χ3n) is 1.25. The first kappa shape index (κ1) is 7.84. The van der Waals surface area contributed by atoms with Crippen LogP contribution < -0.4 is 11.1 Å². The molecule has 1 rings (SSSR count). The topological polar surface area (TPSA) is 77.0 Å². The normalized spacial score (nSPS) is 9.91. The molecule has 0 aliphatic heterocycles. The van der Waals surface area contributed by atoms with E-state index in [0.29, 0.717) is 6.01 Å². The number of anilines is 2. The van der Waals surface area contributed by atoms with Gasteiger partial charge in [0.25, 0.3) is 0 Å². The average molecular weight is 156 g/mol. The molecule has 3 N–H and O–H groups in total. The van der Waals surface area contributed by atoms with Gasteiger partial charge in [0.2, 0.25) is 0 Å². The van der Waals surface area contributed by atoms with Crippen molar-refractivity contribution in [1.82, 2.24) is 10.2 Å². The molecule has 0 saturated heterocycles. The van der Waals surface area contributed by atoms with Crippen LogP contribution in [-0.2, 0) is 0 Å². The van der Waals surface area contributed by atoms with E-state index in [9.17, 15) is 0 Å². The van der Waals surface area contributed by atoms with Crippen LogP contribution in [0.15, 0.2) is 4.42 Å². The van der Waals surface area contributed by atoms with E-state index in [4.69, 9.17) is 10.2 Å². The highest BCUT2D eigenvalue weighted by Crippen LogP contribution is 2.05. The first-order valence-electron chi connectivity index (χ1n) is 3.65. The van der Waals surface area contributed by atoms with Crippen molar-refractivity contribution in [2.75, 3.05) is 17.6 Å². The number of nitrogens with two attached hydrogens (primary N) is 1. The van der Waals surface area contributed by atoms with Gasteiger partial charge in [-0.25, -0.2) is 0 Å². The highest BCUT2D eigenvalue weighted by Gasteiger charge is 1.98. The summed E-state index contributed by atoms with van der Waals surface area (Å²) in [6.07, 6.45) is 2.22. The van der Waals surface area contributed by atoms with Gasteiger partial charge >= 0.3 is 12.0 Å². The van der Waals surface area contributed by atoms with Gasteiger partial charge in [-0.2, -0.15) is 0 Å². The first-order valence-corrected chi connectivity index (χ1v) is 3.65. The van der Waals surface area contributed by atoms with Crippen molar-refractivity contribution in [3.8, 4) is 0 Å². The molecule has 0 saturated carbocycles. The Balaban J connectivity index is 2.27. The number of rotatable bonds is 4. The SMILES string of the molecule is CCCCNc1nnc(N)o1.